The molecule has 0 heterocycles. The molecule has 162 valence electrons. The molecule has 3 aromatic rings. The number of carbonyl (C=O) groups excluding carboxylic acids is 1. The van der Waals surface area contributed by atoms with Crippen LogP contribution >= 0.6 is 0 Å². The number of hydrogen-bond acceptors (Lipinski definition) is 3. The average Bonchev–Trinajstić information content (AvgIpc) is 2.76. The maximum atomic E-state index is 13.5. The Morgan fingerprint density at radius 2 is 1.55 bits per heavy atom. The van der Waals surface area contributed by atoms with Crippen molar-refractivity contribution in [3.8, 4) is 0 Å². The van der Waals surface area contributed by atoms with Crippen molar-refractivity contribution < 1.29 is 13.2 Å². The van der Waals surface area contributed by atoms with E-state index in [9.17, 15) is 13.2 Å². The molecule has 0 aliphatic carbocycles. The lowest BCUT2D eigenvalue weighted by Gasteiger charge is -2.24. The van der Waals surface area contributed by atoms with E-state index in [0.717, 1.165) is 16.7 Å². The fourth-order valence-corrected chi connectivity index (χ4v) is 5.10. The number of rotatable bonds is 8. The lowest BCUT2D eigenvalue weighted by molar-refractivity contribution is -0.122. The topological polar surface area (TPSA) is 66.5 Å². The fourth-order valence-electron chi connectivity index (χ4n) is 3.41. The number of nitrogens with zero attached hydrogens (tertiary/aromatic N) is 1. The van der Waals surface area contributed by atoms with Crippen molar-refractivity contribution in [3.05, 3.63) is 101 Å². The van der Waals surface area contributed by atoms with E-state index in [-0.39, 0.29) is 29.9 Å². The normalized spacial score (nSPS) is 12.5. The highest BCUT2D eigenvalue weighted by Crippen LogP contribution is 2.23. The van der Waals surface area contributed by atoms with Crippen molar-refractivity contribution in [2.45, 2.75) is 38.3 Å². The van der Waals surface area contributed by atoms with Gasteiger partial charge in [0.25, 0.3) is 0 Å². The fraction of sp³-hybridized carbons (Fsp3) is 0.240. The minimum absolute atomic E-state index is 0.115. The maximum Gasteiger partial charge on any atom is 0.244 e. The van der Waals surface area contributed by atoms with Gasteiger partial charge in [-0.25, -0.2) is 8.42 Å². The van der Waals surface area contributed by atoms with Crippen LogP contribution in [0.3, 0.4) is 0 Å². The number of nitrogens with one attached hydrogen (secondary N) is 1. The van der Waals surface area contributed by atoms with Gasteiger partial charge in [0, 0.05) is 6.54 Å². The Hall–Kier alpha value is -2.96. The van der Waals surface area contributed by atoms with Gasteiger partial charge in [0.2, 0.25) is 15.9 Å². The first kappa shape index (κ1) is 22.7. The molecule has 0 fully saturated rings. The summed E-state index contributed by atoms with van der Waals surface area (Å²) in [6.45, 7) is 5.36. The number of carbonyl (C=O) groups is 1. The molecule has 1 N–H and O–H groups in total. The lowest BCUT2D eigenvalue weighted by atomic mass is 10.1. The Balaban J connectivity index is 1.87. The highest BCUT2D eigenvalue weighted by Gasteiger charge is 2.28. The third-order valence-electron chi connectivity index (χ3n) is 5.16. The zero-order chi connectivity index (χ0) is 22.4. The van der Waals surface area contributed by atoms with E-state index in [4.69, 9.17) is 0 Å². The highest BCUT2D eigenvalue weighted by molar-refractivity contribution is 7.89. The summed E-state index contributed by atoms with van der Waals surface area (Å²) in [7, 11) is -3.88. The van der Waals surface area contributed by atoms with Crippen LogP contribution in [0.2, 0.25) is 0 Å². The molecule has 0 aliphatic rings. The third kappa shape index (κ3) is 5.81. The van der Waals surface area contributed by atoms with Crippen molar-refractivity contribution >= 4 is 15.9 Å². The Morgan fingerprint density at radius 1 is 0.935 bits per heavy atom. The minimum atomic E-state index is -3.88. The molecule has 0 spiro atoms. The summed E-state index contributed by atoms with van der Waals surface area (Å²) in [5.41, 5.74) is 3.29. The summed E-state index contributed by atoms with van der Waals surface area (Å²) in [5.74, 6) is -0.346. The van der Waals surface area contributed by atoms with Crippen molar-refractivity contribution in [3.63, 3.8) is 0 Å². The van der Waals surface area contributed by atoms with Gasteiger partial charge < -0.3 is 5.32 Å². The van der Waals surface area contributed by atoms with Crippen LogP contribution in [0.25, 0.3) is 0 Å². The van der Waals surface area contributed by atoms with Crippen LogP contribution < -0.4 is 5.32 Å². The van der Waals surface area contributed by atoms with Gasteiger partial charge >= 0.3 is 0 Å². The molecular formula is C25H28N2O3S. The molecule has 1 atom stereocenters. The molecule has 5 nitrogen and oxygen atoms in total. The molecule has 0 bridgehead atoms. The van der Waals surface area contributed by atoms with Crippen LogP contribution in [0.15, 0.2) is 83.8 Å². The molecular weight excluding hydrogens is 408 g/mol. The van der Waals surface area contributed by atoms with Crippen LogP contribution in [0, 0.1) is 13.8 Å². The molecule has 0 aromatic heterocycles. The largest absolute Gasteiger partial charge is 0.348 e. The van der Waals surface area contributed by atoms with E-state index in [1.54, 1.807) is 19.1 Å². The van der Waals surface area contributed by atoms with Crippen LogP contribution in [0.4, 0.5) is 0 Å². The van der Waals surface area contributed by atoms with Crippen LogP contribution in [0.1, 0.15) is 35.2 Å². The van der Waals surface area contributed by atoms with Crippen molar-refractivity contribution in [1.82, 2.24) is 9.62 Å². The van der Waals surface area contributed by atoms with Crippen molar-refractivity contribution in [2.24, 2.45) is 0 Å². The zero-order valence-electron chi connectivity index (χ0n) is 18.1. The van der Waals surface area contributed by atoms with E-state index in [2.05, 4.69) is 5.32 Å². The zero-order valence-corrected chi connectivity index (χ0v) is 18.9. The first-order chi connectivity index (χ1) is 14.8. The summed E-state index contributed by atoms with van der Waals surface area (Å²) >= 11 is 0. The second-order valence-corrected chi connectivity index (χ2v) is 9.63. The summed E-state index contributed by atoms with van der Waals surface area (Å²) in [5, 5.41) is 2.92. The van der Waals surface area contributed by atoms with Gasteiger partial charge in [-0.3, -0.25) is 4.79 Å². The number of sulfonamides is 1. The monoisotopic (exact) mass is 436 g/mol. The number of hydrogen-bond donors (Lipinski definition) is 1. The summed E-state index contributed by atoms with van der Waals surface area (Å²) in [6.07, 6.45) is 0. The van der Waals surface area contributed by atoms with Gasteiger partial charge in [-0.15, -0.1) is 0 Å². The predicted molar refractivity (Wildman–Crippen MR) is 123 cm³/mol. The summed E-state index contributed by atoms with van der Waals surface area (Å²) in [6, 6.07) is 24.0. The number of aryl methyl sites for hydroxylation is 2. The molecule has 1 amide bonds. The standard InChI is InChI=1S/C25H28N2O3S/c1-19-14-15-20(2)24(16-19)31(29,30)27(17-22-10-6-4-7-11-22)18-25(28)26-21(3)23-12-8-5-9-13-23/h4-16,21H,17-18H2,1-3H3,(H,26,28)/t21-/m1/s1. The Kier molecular flexibility index (Phi) is 7.25. The lowest BCUT2D eigenvalue weighted by Crippen LogP contribution is -2.41. The second-order valence-electron chi connectivity index (χ2n) is 7.73. The number of amides is 1. The number of benzene rings is 3. The Bertz CT molecular complexity index is 1130. The van der Waals surface area contributed by atoms with Gasteiger partial charge in [0.05, 0.1) is 17.5 Å². The molecule has 0 aliphatic heterocycles. The van der Waals surface area contributed by atoms with Gasteiger partial charge in [-0.1, -0.05) is 72.8 Å². The van der Waals surface area contributed by atoms with E-state index in [1.165, 1.54) is 4.31 Å². The first-order valence-corrected chi connectivity index (χ1v) is 11.7. The second kappa shape index (κ2) is 9.90. The van der Waals surface area contributed by atoms with Gasteiger partial charge in [-0.05, 0) is 49.1 Å². The molecule has 0 unspecified atom stereocenters. The molecule has 6 heteroatoms. The van der Waals surface area contributed by atoms with E-state index in [0.29, 0.717) is 5.56 Å². The van der Waals surface area contributed by atoms with Crippen molar-refractivity contribution in [1.29, 1.82) is 0 Å². The van der Waals surface area contributed by atoms with Gasteiger partial charge in [0.1, 0.15) is 0 Å². The van der Waals surface area contributed by atoms with E-state index < -0.39 is 10.0 Å². The maximum absolute atomic E-state index is 13.5. The molecule has 0 radical (unpaired) electrons. The molecule has 0 saturated heterocycles. The van der Waals surface area contributed by atoms with Gasteiger partial charge in [0.15, 0.2) is 0 Å². The van der Waals surface area contributed by atoms with Crippen LogP contribution in [-0.2, 0) is 21.4 Å². The van der Waals surface area contributed by atoms with Crippen LogP contribution in [0.5, 0.6) is 0 Å². The van der Waals surface area contributed by atoms with E-state index in [1.807, 2.05) is 80.6 Å². The SMILES string of the molecule is Cc1ccc(C)c(S(=O)(=O)N(CC(=O)N[C@H](C)c2ccccc2)Cc2ccccc2)c1. The quantitative estimate of drug-likeness (QED) is 0.570. The Morgan fingerprint density at radius 3 is 2.19 bits per heavy atom. The first-order valence-electron chi connectivity index (χ1n) is 10.2. The predicted octanol–water partition coefficient (Wildman–Crippen LogP) is 4.37. The third-order valence-corrected chi connectivity index (χ3v) is 7.09. The van der Waals surface area contributed by atoms with E-state index >= 15 is 0 Å². The van der Waals surface area contributed by atoms with Crippen LogP contribution in [-0.4, -0.2) is 25.2 Å². The minimum Gasteiger partial charge on any atom is -0.348 e. The smallest absolute Gasteiger partial charge is 0.244 e. The average molecular weight is 437 g/mol. The summed E-state index contributed by atoms with van der Waals surface area (Å²) < 4.78 is 28.3. The van der Waals surface area contributed by atoms with Crippen molar-refractivity contribution in [2.75, 3.05) is 6.54 Å². The molecule has 3 rings (SSSR count). The molecule has 0 saturated carbocycles. The molecule has 31 heavy (non-hydrogen) atoms. The molecule has 3 aromatic carbocycles. The summed E-state index contributed by atoms with van der Waals surface area (Å²) in [4.78, 5) is 13.1. The highest BCUT2D eigenvalue weighted by atomic mass is 32.2. The Labute approximate surface area is 184 Å². The van der Waals surface area contributed by atoms with Gasteiger partial charge in [-0.2, -0.15) is 4.31 Å².